The topological polar surface area (TPSA) is 30.9 Å². The second kappa shape index (κ2) is 4.97. The highest BCUT2D eigenvalue weighted by Crippen LogP contribution is 2.40. The monoisotopic (exact) mass is 260 g/mol. The minimum atomic E-state index is 0.242. The highest BCUT2D eigenvalue weighted by Gasteiger charge is 2.32. The number of aryl methyl sites for hydroxylation is 1. The van der Waals surface area contributed by atoms with E-state index in [-0.39, 0.29) is 6.04 Å². The molecule has 19 heavy (non-hydrogen) atoms. The summed E-state index contributed by atoms with van der Waals surface area (Å²) in [7, 11) is 0. The van der Waals surface area contributed by atoms with Gasteiger partial charge in [-0.3, -0.25) is 0 Å². The fourth-order valence-electron chi connectivity index (χ4n) is 4.12. The molecule has 1 heterocycles. The van der Waals surface area contributed by atoms with Gasteiger partial charge in [0.2, 0.25) is 0 Å². The van der Waals surface area contributed by atoms with Gasteiger partial charge in [0, 0.05) is 24.5 Å². The molecule has 2 nitrogen and oxygen atoms in total. The number of aromatic nitrogens is 1. The van der Waals surface area contributed by atoms with E-state index in [1.807, 2.05) is 0 Å². The molecule has 1 saturated carbocycles. The first-order valence-corrected chi connectivity index (χ1v) is 7.99. The van der Waals surface area contributed by atoms with Crippen molar-refractivity contribution >= 4 is 0 Å². The van der Waals surface area contributed by atoms with Gasteiger partial charge in [-0.05, 0) is 42.2 Å². The molecule has 3 rings (SSSR count). The largest absolute Gasteiger partial charge is 0.351 e. The number of hydrogen-bond donors (Lipinski definition) is 1. The molecular weight excluding hydrogens is 232 g/mol. The van der Waals surface area contributed by atoms with Crippen LogP contribution >= 0.6 is 0 Å². The Kier molecular flexibility index (Phi) is 3.46. The minimum absolute atomic E-state index is 0.242. The minimum Gasteiger partial charge on any atom is -0.351 e. The van der Waals surface area contributed by atoms with E-state index in [1.165, 1.54) is 56.3 Å². The van der Waals surface area contributed by atoms with Gasteiger partial charge >= 0.3 is 0 Å². The molecule has 1 atom stereocenters. The first-order valence-electron chi connectivity index (χ1n) is 7.99. The number of rotatable bonds is 3. The molecule has 0 bridgehead atoms. The van der Waals surface area contributed by atoms with Gasteiger partial charge in [-0.1, -0.05) is 39.5 Å². The predicted octanol–water partition coefficient (Wildman–Crippen LogP) is 4.04. The normalized spacial score (nSPS) is 26.6. The van der Waals surface area contributed by atoms with Crippen molar-refractivity contribution in [1.29, 1.82) is 0 Å². The summed E-state index contributed by atoms with van der Waals surface area (Å²) in [5, 5.41) is 0. The van der Waals surface area contributed by atoms with Gasteiger partial charge in [0.05, 0.1) is 0 Å². The lowest BCUT2D eigenvalue weighted by Gasteiger charge is -2.34. The third-order valence-electron chi connectivity index (χ3n) is 5.18. The molecule has 0 radical (unpaired) electrons. The molecule has 106 valence electrons. The van der Waals surface area contributed by atoms with Crippen LogP contribution < -0.4 is 5.73 Å². The summed E-state index contributed by atoms with van der Waals surface area (Å²) >= 11 is 0. The molecule has 2 N–H and O–H groups in total. The molecular formula is C17H28N2. The molecule has 1 unspecified atom stereocenters. The molecule has 2 heteroatoms. The Balaban J connectivity index is 1.73. The molecule has 0 spiro atoms. The summed E-state index contributed by atoms with van der Waals surface area (Å²) in [6.45, 7) is 5.90. The molecule has 0 saturated heterocycles. The zero-order valence-electron chi connectivity index (χ0n) is 12.5. The summed E-state index contributed by atoms with van der Waals surface area (Å²) in [5.41, 5.74) is 9.62. The van der Waals surface area contributed by atoms with Crippen LogP contribution in [0.15, 0.2) is 12.3 Å². The van der Waals surface area contributed by atoms with Crippen molar-refractivity contribution in [2.75, 3.05) is 0 Å². The number of nitrogens with two attached hydrogens (primary N) is 1. The Bertz CT molecular complexity index is 438. The molecule has 1 fully saturated rings. The Hall–Kier alpha value is -0.760. The van der Waals surface area contributed by atoms with Gasteiger partial charge in [-0.2, -0.15) is 0 Å². The van der Waals surface area contributed by atoms with Crippen molar-refractivity contribution in [3.05, 3.63) is 23.5 Å². The summed E-state index contributed by atoms with van der Waals surface area (Å²) < 4.78 is 2.49. The predicted molar refractivity (Wildman–Crippen MR) is 80.0 cm³/mol. The van der Waals surface area contributed by atoms with Crippen LogP contribution in [0.1, 0.15) is 69.7 Å². The molecule has 1 aromatic heterocycles. The summed E-state index contributed by atoms with van der Waals surface area (Å²) in [6, 6.07) is 2.51. The van der Waals surface area contributed by atoms with E-state index in [9.17, 15) is 0 Å². The highest BCUT2D eigenvalue weighted by atomic mass is 15.0. The van der Waals surface area contributed by atoms with Gasteiger partial charge in [-0.25, -0.2) is 0 Å². The molecule has 0 aliphatic heterocycles. The number of nitrogens with zero attached hydrogens (tertiary/aromatic N) is 1. The van der Waals surface area contributed by atoms with Crippen LogP contribution in [0, 0.1) is 11.3 Å². The Morgan fingerprint density at radius 1 is 1.32 bits per heavy atom. The van der Waals surface area contributed by atoms with E-state index in [0.29, 0.717) is 5.41 Å². The van der Waals surface area contributed by atoms with Crippen LogP contribution in [0.25, 0.3) is 0 Å². The summed E-state index contributed by atoms with van der Waals surface area (Å²) in [5.74, 6) is 0.975. The second-order valence-corrected chi connectivity index (χ2v) is 7.50. The van der Waals surface area contributed by atoms with Gasteiger partial charge in [-0.15, -0.1) is 0 Å². The van der Waals surface area contributed by atoms with Crippen LogP contribution in [0.2, 0.25) is 0 Å². The maximum atomic E-state index is 6.34. The first-order chi connectivity index (χ1) is 9.05. The third kappa shape index (κ3) is 2.74. The molecule has 2 aliphatic rings. The van der Waals surface area contributed by atoms with E-state index in [0.717, 1.165) is 12.3 Å². The SMILES string of the molecule is CC1(C)Cc2c(ccn2CCC2CCCC2)C(N)C1. The molecule has 1 aromatic rings. The van der Waals surface area contributed by atoms with E-state index in [4.69, 9.17) is 5.73 Å². The third-order valence-corrected chi connectivity index (χ3v) is 5.18. The lowest BCUT2D eigenvalue weighted by atomic mass is 9.74. The van der Waals surface area contributed by atoms with E-state index < -0.39 is 0 Å². The molecule has 2 aliphatic carbocycles. The van der Waals surface area contributed by atoms with Crippen LogP contribution in [0.5, 0.6) is 0 Å². The highest BCUT2D eigenvalue weighted by molar-refractivity contribution is 5.30. The van der Waals surface area contributed by atoms with E-state index in [2.05, 4.69) is 30.7 Å². The number of hydrogen-bond acceptors (Lipinski definition) is 1. The van der Waals surface area contributed by atoms with Crippen molar-refractivity contribution in [3.63, 3.8) is 0 Å². The molecule has 0 aromatic carbocycles. The van der Waals surface area contributed by atoms with Gasteiger partial charge in [0.1, 0.15) is 0 Å². The fourth-order valence-corrected chi connectivity index (χ4v) is 4.12. The molecule has 0 amide bonds. The number of fused-ring (bicyclic) bond motifs is 1. The average Bonchev–Trinajstić information content (AvgIpc) is 2.93. The fraction of sp³-hybridized carbons (Fsp3) is 0.765. The van der Waals surface area contributed by atoms with Gasteiger partial charge < -0.3 is 10.3 Å². The van der Waals surface area contributed by atoms with Crippen LogP contribution in [-0.4, -0.2) is 4.57 Å². The first kappa shape index (κ1) is 13.2. The van der Waals surface area contributed by atoms with E-state index >= 15 is 0 Å². The van der Waals surface area contributed by atoms with Crippen molar-refractivity contribution in [2.24, 2.45) is 17.1 Å². The Labute approximate surface area is 117 Å². The lowest BCUT2D eigenvalue weighted by Crippen LogP contribution is -2.30. The van der Waals surface area contributed by atoms with Crippen molar-refractivity contribution in [2.45, 2.75) is 71.4 Å². The second-order valence-electron chi connectivity index (χ2n) is 7.50. The van der Waals surface area contributed by atoms with E-state index in [1.54, 1.807) is 0 Å². The van der Waals surface area contributed by atoms with Gasteiger partial charge in [0.15, 0.2) is 0 Å². The summed E-state index contributed by atoms with van der Waals surface area (Å²) in [4.78, 5) is 0. The Morgan fingerprint density at radius 3 is 2.79 bits per heavy atom. The maximum absolute atomic E-state index is 6.34. The smallest absolute Gasteiger partial charge is 0.0318 e. The average molecular weight is 260 g/mol. The van der Waals surface area contributed by atoms with Crippen molar-refractivity contribution in [1.82, 2.24) is 4.57 Å². The van der Waals surface area contributed by atoms with Crippen LogP contribution in [0.3, 0.4) is 0 Å². The summed E-state index contributed by atoms with van der Waals surface area (Å²) in [6.07, 6.45) is 11.7. The Morgan fingerprint density at radius 2 is 2.05 bits per heavy atom. The standard InChI is InChI=1S/C17H28N2/c1-17(2)11-15(18)14-8-10-19(16(14)12-17)9-7-13-5-3-4-6-13/h8,10,13,15H,3-7,9,11-12,18H2,1-2H3. The van der Waals surface area contributed by atoms with Crippen molar-refractivity contribution in [3.8, 4) is 0 Å². The van der Waals surface area contributed by atoms with Gasteiger partial charge in [0.25, 0.3) is 0 Å². The zero-order valence-corrected chi connectivity index (χ0v) is 12.5. The zero-order chi connectivity index (χ0) is 13.5. The van der Waals surface area contributed by atoms with Crippen molar-refractivity contribution < 1.29 is 0 Å². The maximum Gasteiger partial charge on any atom is 0.0318 e. The lowest BCUT2D eigenvalue weighted by molar-refractivity contribution is 0.273. The van der Waals surface area contributed by atoms with Crippen LogP contribution in [-0.2, 0) is 13.0 Å². The van der Waals surface area contributed by atoms with Crippen LogP contribution in [0.4, 0.5) is 0 Å². The quantitative estimate of drug-likeness (QED) is 0.873.